The number of hydrogen-bond acceptors (Lipinski definition) is 5. The lowest BCUT2D eigenvalue weighted by Crippen LogP contribution is -2.40. The first-order valence-electron chi connectivity index (χ1n) is 9.21. The van der Waals surface area contributed by atoms with E-state index in [9.17, 15) is 22.4 Å². The van der Waals surface area contributed by atoms with E-state index in [-0.39, 0.29) is 42.2 Å². The van der Waals surface area contributed by atoms with Gasteiger partial charge < -0.3 is 10.1 Å². The van der Waals surface area contributed by atoms with Crippen LogP contribution >= 0.6 is 0 Å². The van der Waals surface area contributed by atoms with Crippen LogP contribution in [0.5, 0.6) is 5.75 Å². The highest BCUT2D eigenvalue weighted by Crippen LogP contribution is 2.31. The largest absolute Gasteiger partial charge is 0.482 e. The van der Waals surface area contributed by atoms with Gasteiger partial charge in [-0.15, -0.1) is 0 Å². The summed E-state index contributed by atoms with van der Waals surface area (Å²) >= 11 is 0. The maximum atomic E-state index is 13.1. The summed E-state index contributed by atoms with van der Waals surface area (Å²) in [6.45, 7) is 0.364. The van der Waals surface area contributed by atoms with E-state index in [4.69, 9.17) is 4.74 Å². The van der Waals surface area contributed by atoms with Gasteiger partial charge in [0.25, 0.3) is 5.91 Å². The van der Waals surface area contributed by atoms with Crippen molar-refractivity contribution in [3.05, 3.63) is 53.8 Å². The summed E-state index contributed by atoms with van der Waals surface area (Å²) in [5, 5.41) is 2.68. The Morgan fingerprint density at radius 2 is 1.79 bits per heavy atom. The van der Waals surface area contributed by atoms with Crippen LogP contribution in [0.2, 0.25) is 0 Å². The molecule has 0 saturated carbocycles. The lowest BCUT2D eigenvalue weighted by Gasteiger charge is -2.30. The number of carbonyl (C=O) groups excluding carboxylic acids is 2. The molecule has 2 heterocycles. The van der Waals surface area contributed by atoms with Crippen LogP contribution in [0.3, 0.4) is 0 Å². The molecule has 0 unspecified atom stereocenters. The van der Waals surface area contributed by atoms with Gasteiger partial charge in [-0.3, -0.25) is 9.59 Å². The zero-order valence-corrected chi connectivity index (χ0v) is 16.2. The van der Waals surface area contributed by atoms with Crippen molar-refractivity contribution in [2.24, 2.45) is 5.92 Å². The molecule has 0 bridgehead atoms. The first kappa shape index (κ1) is 19.5. The zero-order valence-electron chi connectivity index (χ0n) is 15.4. The molecular formula is C20H19FN2O5S. The molecular weight excluding hydrogens is 399 g/mol. The van der Waals surface area contributed by atoms with Crippen LogP contribution in [-0.4, -0.2) is 44.1 Å². The van der Waals surface area contributed by atoms with E-state index < -0.39 is 15.8 Å². The summed E-state index contributed by atoms with van der Waals surface area (Å²) in [4.78, 5) is 24.4. The van der Waals surface area contributed by atoms with Gasteiger partial charge in [-0.1, -0.05) is 0 Å². The fraction of sp³-hybridized carbons (Fsp3) is 0.300. The number of halogens is 1. The van der Waals surface area contributed by atoms with Gasteiger partial charge in [0.05, 0.1) is 10.6 Å². The third-order valence-corrected chi connectivity index (χ3v) is 7.09. The minimum atomic E-state index is -3.72. The van der Waals surface area contributed by atoms with Gasteiger partial charge in [0.15, 0.2) is 12.4 Å². The lowest BCUT2D eigenvalue weighted by atomic mass is 9.89. The van der Waals surface area contributed by atoms with Crippen molar-refractivity contribution in [3.63, 3.8) is 0 Å². The average molecular weight is 418 g/mol. The minimum Gasteiger partial charge on any atom is -0.482 e. The molecule has 9 heteroatoms. The van der Waals surface area contributed by atoms with E-state index in [2.05, 4.69) is 5.32 Å². The van der Waals surface area contributed by atoms with Gasteiger partial charge in [-0.25, -0.2) is 12.8 Å². The number of amides is 1. The van der Waals surface area contributed by atoms with Gasteiger partial charge in [-0.05, 0) is 55.3 Å². The molecule has 1 fully saturated rings. The Morgan fingerprint density at radius 3 is 2.48 bits per heavy atom. The SMILES string of the molecule is O=C1COc2ccc(C(=O)C3CCN(S(=O)(=O)c4ccc(F)cc4)CC3)cc2N1. The second-order valence-electron chi connectivity index (χ2n) is 7.04. The summed E-state index contributed by atoms with van der Waals surface area (Å²) in [7, 11) is -3.72. The molecule has 1 saturated heterocycles. The number of piperidine rings is 1. The number of benzene rings is 2. The number of nitrogens with one attached hydrogen (secondary N) is 1. The van der Waals surface area contributed by atoms with Crippen molar-refractivity contribution in [2.75, 3.05) is 25.0 Å². The van der Waals surface area contributed by atoms with E-state index >= 15 is 0 Å². The maximum absolute atomic E-state index is 13.1. The number of ether oxygens (including phenoxy) is 1. The molecule has 0 aliphatic carbocycles. The Balaban J connectivity index is 1.44. The molecule has 2 aromatic carbocycles. The van der Waals surface area contributed by atoms with Crippen molar-refractivity contribution < 1.29 is 27.1 Å². The molecule has 29 heavy (non-hydrogen) atoms. The predicted molar refractivity (Wildman–Crippen MR) is 103 cm³/mol. The molecule has 2 aliphatic heterocycles. The molecule has 0 radical (unpaired) electrons. The molecule has 7 nitrogen and oxygen atoms in total. The summed E-state index contributed by atoms with van der Waals surface area (Å²) in [6, 6.07) is 9.60. The van der Waals surface area contributed by atoms with Crippen molar-refractivity contribution in [1.29, 1.82) is 0 Å². The van der Waals surface area contributed by atoms with Crippen LogP contribution in [0.4, 0.5) is 10.1 Å². The summed E-state index contributed by atoms with van der Waals surface area (Å²) < 4.78 is 45.1. The number of Topliss-reactive ketones (excluding diaryl/α,β-unsaturated/α-hetero) is 1. The normalized spacial score (nSPS) is 17.9. The molecule has 0 spiro atoms. The van der Waals surface area contributed by atoms with Crippen molar-refractivity contribution in [1.82, 2.24) is 4.31 Å². The topological polar surface area (TPSA) is 92.8 Å². The van der Waals surface area contributed by atoms with Crippen LogP contribution in [0.25, 0.3) is 0 Å². The zero-order chi connectivity index (χ0) is 20.6. The third-order valence-electron chi connectivity index (χ3n) is 5.17. The monoisotopic (exact) mass is 418 g/mol. The number of anilines is 1. The van der Waals surface area contributed by atoms with Crippen LogP contribution in [0, 0.1) is 11.7 Å². The standard InChI is InChI=1S/C20H19FN2O5S/c21-15-2-4-16(5-3-15)29(26,27)23-9-7-13(8-10-23)20(25)14-1-6-18-17(11-14)22-19(24)12-28-18/h1-6,11,13H,7-10,12H2,(H,22,24). The van der Waals surface area contributed by atoms with Gasteiger partial charge in [-0.2, -0.15) is 4.31 Å². The highest BCUT2D eigenvalue weighted by atomic mass is 32.2. The van der Waals surface area contributed by atoms with Crippen molar-refractivity contribution in [2.45, 2.75) is 17.7 Å². The van der Waals surface area contributed by atoms with E-state index in [0.717, 1.165) is 12.1 Å². The Bertz CT molecular complexity index is 1060. The van der Waals surface area contributed by atoms with Gasteiger partial charge >= 0.3 is 0 Å². The second kappa shape index (κ2) is 7.57. The number of hydrogen-bond donors (Lipinski definition) is 1. The smallest absolute Gasteiger partial charge is 0.262 e. The van der Waals surface area contributed by atoms with Gasteiger partial charge in [0, 0.05) is 24.6 Å². The summed E-state index contributed by atoms with van der Waals surface area (Å²) in [5.74, 6) is -0.665. The number of fused-ring (bicyclic) bond motifs is 1. The van der Waals surface area contributed by atoms with Crippen molar-refractivity contribution in [3.8, 4) is 5.75 Å². The number of nitrogens with zero attached hydrogens (tertiary/aromatic N) is 1. The fourth-order valence-corrected chi connectivity index (χ4v) is 5.06. The number of sulfonamides is 1. The van der Waals surface area contributed by atoms with E-state index in [1.165, 1.54) is 16.4 Å². The number of carbonyl (C=O) groups is 2. The highest BCUT2D eigenvalue weighted by Gasteiger charge is 2.32. The molecule has 1 N–H and O–H groups in total. The Kier molecular flexibility index (Phi) is 5.10. The first-order chi connectivity index (χ1) is 13.8. The van der Waals surface area contributed by atoms with Crippen LogP contribution in [0.15, 0.2) is 47.4 Å². The Hall–Kier alpha value is -2.78. The molecule has 2 aromatic rings. The maximum Gasteiger partial charge on any atom is 0.262 e. The van der Waals surface area contributed by atoms with Gasteiger partial charge in [0.2, 0.25) is 10.0 Å². The molecule has 152 valence electrons. The number of ketones is 1. The quantitative estimate of drug-likeness (QED) is 0.770. The molecule has 4 rings (SSSR count). The number of rotatable bonds is 4. The lowest BCUT2D eigenvalue weighted by molar-refractivity contribution is -0.118. The Morgan fingerprint density at radius 1 is 1.10 bits per heavy atom. The van der Waals surface area contributed by atoms with Gasteiger partial charge in [0.1, 0.15) is 11.6 Å². The molecule has 2 aliphatic rings. The summed E-state index contributed by atoms with van der Waals surface area (Å²) in [6.07, 6.45) is 0.776. The third kappa shape index (κ3) is 3.88. The van der Waals surface area contributed by atoms with Crippen LogP contribution in [0.1, 0.15) is 23.2 Å². The van der Waals surface area contributed by atoms with E-state index in [1.54, 1.807) is 18.2 Å². The predicted octanol–water partition coefficient (Wildman–Crippen LogP) is 2.44. The highest BCUT2D eigenvalue weighted by molar-refractivity contribution is 7.89. The van der Waals surface area contributed by atoms with Crippen LogP contribution < -0.4 is 10.1 Å². The van der Waals surface area contributed by atoms with Crippen LogP contribution in [-0.2, 0) is 14.8 Å². The van der Waals surface area contributed by atoms with E-state index in [0.29, 0.717) is 29.8 Å². The van der Waals surface area contributed by atoms with Crippen molar-refractivity contribution >= 4 is 27.4 Å². The fourth-order valence-electron chi connectivity index (χ4n) is 3.59. The minimum absolute atomic E-state index is 0.0362. The molecule has 0 aromatic heterocycles. The second-order valence-corrected chi connectivity index (χ2v) is 8.98. The Labute approximate surface area is 167 Å². The molecule has 1 amide bonds. The first-order valence-corrected chi connectivity index (χ1v) is 10.7. The average Bonchev–Trinajstić information content (AvgIpc) is 2.73. The summed E-state index contributed by atoms with van der Waals surface area (Å²) in [5.41, 5.74) is 0.915. The molecule has 0 atom stereocenters. The van der Waals surface area contributed by atoms with E-state index in [1.807, 2.05) is 0 Å².